The first-order valence-electron chi connectivity index (χ1n) is 12.3. The largest absolute Gasteiger partial charge is 0.372 e. The van der Waals surface area contributed by atoms with Crippen molar-refractivity contribution < 1.29 is 13.9 Å². The lowest BCUT2D eigenvalue weighted by molar-refractivity contribution is -0.148. The van der Waals surface area contributed by atoms with Crippen molar-refractivity contribution in [1.29, 1.82) is 0 Å². The zero-order valence-electron chi connectivity index (χ0n) is 21.3. The predicted octanol–water partition coefficient (Wildman–Crippen LogP) is 4.90. The molecule has 5 rings (SSSR count). The lowest BCUT2D eigenvalue weighted by Crippen LogP contribution is -2.46. The Morgan fingerprint density at radius 1 is 1.24 bits per heavy atom. The van der Waals surface area contributed by atoms with Crippen LogP contribution in [0.5, 0.6) is 0 Å². The van der Waals surface area contributed by atoms with Gasteiger partial charge in [-0.05, 0) is 61.9 Å². The summed E-state index contributed by atoms with van der Waals surface area (Å²) in [6.07, 6.45) is 5.73. The van der Waals surface area contributed by atoms with E-state index in [1.165, 1.54) is 10.9 Å². The summed E-state index contributed by atoms with van der Waals surface area (Å²) in [7, 11) is 1.68. The van der Waals surface area contributed by atoms with Crippen molar-refractivity contribution in [2.24, 2.45) is 5.92 Å². The van der Waals surface area contributed by atoms with Crippen molar-refractivity contribution in [2.75, 3.05) is 12.4 Å². The van der Waals surface area contributed by atoms with E-state index in [9.17, 15) is 9.18 Å². The number of carbonyl (C=O) groups is 1. The maximum atomic E-state index is 13.2. The number of aryl methyl sites for hydroxylation is 2. The van der Waals surface area contributed by atoms with Crippen LogP contribution in [0.1, 0.15) is 54.6 Å². The van der Waals surface area contributed by atoms with Crippen LogP contribution in [0.15, 0.2) is 48.9 Å². The van der Waals surface area contributed by atoms with E-state index in [1.54, 1.807) is 19.4 Å². The molecule has 1 atom stereocenters. The molecule has 10 heteroatoms. The van der Waals surface area contributed by atoms with E-state index in [1.807, 2.05) is 45.0 Å². The van der Waals surface area contributed by atoms with E-state index < -0.39 is 11.4 Å². The molecule has 2 N–H and O–H groups in total. The van der Waals surface area contributed by atoms with Gasteiger partial charge in [-0.25, -0.2) is 19.0 Å². The van der Waals surface area contributed by atoms with Crippen LogP contribution >= 0.6 is 0 Å². The Bertz CT molecular complexity index is 1410. The fourth-order valence-electron chi connectivity index (χ4n) is 4.86. The number of anilines is 2. The third-order valence-electron chi connectivity index (χ3n) is 7.03. The minimum Gasteiger partial charge on any atom is -0.372 e. The monoisotopic (exact) mass is 503 g/mol. The van der Waals surface area contributed by atoms with Crippen LogP contribution in [0, 0.1) is 25.6 Å². The van der Waals surface area contributed by atoms with Crippen molar-refractivity contribution >= 4 is 17.4 Å². The fourth-order valence-corrected chi connectivity index (χ4v) is 4.86. The molecule has 4 aromatic heterocycles. The van der Waals surface area contributed by atoms with Crippen molar-refractivity contribution in [3.63, 3.8) is 0 Å². The average Bonchev–Trinajstić information content (AvgIpc) is 3.46. The summed E-state index contributed by atoms with van der Waals surface area (Å²) in [5, 5.41) is 14.3. The van der Waals surface area contributed by atoms with Gasteiger partial charge in [0.15, 0.2) is 17.5 Å². The van der Waals surface area contributed by atoms with Crippen LogP contribution in [0.25, 0.3) is 5.82 Å². The molecular formula is C27H30FN7O2. The molecule has 0 amide bonds. The molecular weight excluding hydrogens is 473 g/mol. The van der Waals surface area contributed by atoms with E-state index in [0.717, 1.165) is 28.7 Å². The minimum atomic E-state index is -0.588. The number of ketones is 1. The second kappa shape index (κ2) is 9.85. The molecule has 0 spiro atoms. The Labute approximate surface area is 214 Å². The number of hydrogen-bond donors (Lipinski definition) is 2. The van der Waals surface area contributed by atoms with Gasteiger partial charge in [0.2, 0.25) is 0 Å². The summed E-state index contributed by atoms with van der Waals surface area (Å²) in [5.74, 6) is 1.62. The third-order valence-corrected chi connectivity index (χ3v) is 7.03. The van der Waals surface area contributed by atoms with Crippen LogP contribution in [0.4, 0.5) is 16.0 Å². The van der Waals surface area contributed by atoms with Gasteiger partial charge in [-0.3, -0.25) is 9.89 Å². The molecule has 192 valence electrons. The molecule has 1 saturated carbocycles. The van der Waals surface area contributed by atoms with Crippen LogP contribution in [0.3, 0.4) is 0 Å². The Kier molecular flexibility index (Phi) is 6.59. The first kappa shape index (κ1) is 24.8. The average molecular weight is 504 g/mol. The number of ether oxygens (including phenoxy) is 1. The van der Waals surface area contributed by atoms with Crippen molar-refractivity contribution in [3.05, 3.63) is 77.3 Å². The normalized spacial score (nSPS) is 19.9. The first-order valence-corrected chi connectivity index (χ1v) is 12.3. The SMILES string of the molecule is COC1(c2cc(C)cc(Nc3cc(C)[nH]n3)n2)CC(C(=O)C[C@@H](C)c2ccc(-n3cc(F)cn3)nc2)C1. The van der Waals surface area contributed by atoms with Gasteiger partial charge >= 0.3 is 0 Å². The minimum absolute atomic E-state index is 0.00570. The smallest absolute Gasteiger partial charge is 0.161 e. The molecule has 0 saturated heterocycles. The fraction of sp³-hybridized carbons (Fsp3) is 0.370. The van der Waals surface area contributed by atoms with Gasteiger partial charge in [0.1, 0.15) is 17.2 Å². The quantitative estimate of drug-likeness (QED) is 0.334. The predicted molar refractivity (Wildman–Crippen MR) is 136 cm³/mol. The number of halogens is 1. The van der Waals surface area contributed by atoms with Gasteiger partial charge in [0.25, 0.3) is 0 Å². The zero-order chi connectivity index (χ0) is 26.2. The number of aromatic nitrogens is 6. The van der Waals surface area contributed by atoms with Crippen LogP contribution in [0.2, 0.25) is 0 Å². The van der Waals surface area contributed by atoms with Crippen LogP contribution in [-0.2, 0) is 15.1 Å². The zero-order valence-corrected chi connectivity index (χ0v) is 21.3. The molecule has 37 heavy (non-hydrogen) atoms. The number of aromatic amines is 1. The second-order valence-electron chi connectivity index (χ2n) is 9.90. The van der Waals surface area contributed by atoms with E-state index in [2.05, 4.69) is 25.6 Å². The van der Waals surface area contributed by atoms with E-state index in [-0.39, 0.29) is 17.6 Å². The molecule has 0 bridgehead atoms. The van der Waals surface area contributed by atoms with Gasteiger partial charge in [-0.1, -0.05) is 13.0 Å². The molecule has 0 radical (unpaired) electrons. The number of pyridine rings is 2. The summed E-state index contributed by atoms with van der Waals surface area (Å²) in [4.78, 5) is 22.3. The summed E-state index contributed by atoms with van der Waals surface area (Å²) in [5.41, 5.74) is 3.19. The van der Waals surface area contributed by atoms with Gasteiger partial charge in [0.05, 0.1) is 18.1 Å². The van der Waals surface area contributed by atoms with E-state index in [0.29, 0.717) is 36.7 Å². The van der Waals surface area contributed by atoms with Gasteiger partial charge in [0, 0.05) is 37.4 Å². The van der Waals surface area contributed by atoms with Gasteiger partial charge < -0.3 is 10.1 Å². The van der Waals surface area contributed by atoms with Crippen molar-refractivity contribution in [3.8, 4) is 5.82 Å². The molecule has 9 nitrogen and oxygen atoms in total. The summed E-state index contributed by atoms with van der Waals surface area (Å²) in [6.45, 7) is 5.97. The lowest BCUT2D eigenvalue weighted by atomic mass is 9.66. The third kappa shape index (κ3) is 5.15. The number of Topliss-reactive ketones (excluding diaryl/α,β-unsaturated/α-hetero) is 1. The topological polar surface area (TPSA) is 111 Å². The highest BCUT2D eigenvalue weighted by atomic mass is 19.1. The van der Waals surface area contributed by atoms with Crippen molar-refractivity contribution in [1.82, 2.24) is 29.9 Å². The maximum absolute atomic E-state index is 13.2. The number of nitrogens with one attached hydrogen (secondary N) is 2. The van der Waals surface area contributed by atoms with Gasteiger partial charge in [-0.15, -0.1) is 0 Å². The highest BCUT2D eigenvalue weighted by Gasteiger charge is 2.50. The summed E-state index contributed by atoms with van der Waals surface area (Å²) in [6, 6.07) is 9.58. The molecule has 0 unspecified atom stereocenters. The summed E-state index contributed by atoms with van der Waals surface area (Å²) < 4.78 is 20.5. The highest BCUT2D eigenvalue weighted by Crippen LogP contribution is 2.49. The maximum Gasteiger partial charge on any atom is 0.161 e. The first-order chi connectivity index (χ1) is 17.7. The molecule has 1 fully saturated rings. The highest BCUT2D eigenvalue weighted by molar-refractivity contribution is 5.83. The molecule has 4 heterocycles. The van der Waals surface area contributed by atoms with Crippen molar-refractivity contribution in [2.45, 2.75) is 51.6 Å². The lowest BCUT2D eigenvalue weighted by Gasteiger charge is -2.45. The number of carbonyl (C=O) groups excluding carboxylic acids is 1. The number of nitrogens with zero attached hydrogens (tertiary/aromatic N) is 5. The number of rotatable bonds is 9. The Balaban J connectivity index is 1.23. The Morgan fingerprint density at radius 3 is 2.68 bits per heavy atom. The van der Waals surface area contributed by atoms with Crippen LogP contribution in [-0.4, -0.2) is 42.8 Å². The Hall–Kier alpha value is -3.92. The standard InChI is InChI=1S/C27H30FN7O2/c1-16-7-23(31-24(8-16)32-25-10-18(3)33-34-25)27(37-4)11-20(12-27)22(36)9-17(2)19-5-6-26(29-13-19)35-15-21(28)14-30-35/h5-8,10,13-15,17,20H,9,11-12H2,1-4H3,(H2,31,32,33,34)/t17-,20?,27?/m1/s1. The molecule has 4 aromatic rings. The molecule has 0 aromatic carbocycles. The number of H-pyrrole nitrogens is 1. The number of methoxy groups -OCH3 is 1. The van der Waals surface area contributed by atoms with Crippen LogP contribution < -0.4 is 5.32 Å². The molecule has 1 aliphatic carbocycles. The molecule has 1 aliphatic rings. The Morgan fingerprint density at radius 2 is 2.05 bits per heavy atom. The van der Waals surface area contributed by atoms with Gasteiger partial charge in [-0.2, -0.15) is 10.2 Å². The molecule has 0 aliphatic heterocycles. The van der Waals surface area contributed by atoms with E-state index >= 15 is 0 Å². The van der Waals surface area contributed by atoms with E-state index in [4.69, 9.17) is 9.72 Å². The number of hydrogen-bond acceptors (Lipinski definition) is 7. The second-order valence-corrected chi connectivity index (χ2v) is 9.90. The summed E-state index contributed by atoms with van der Waals surface area (Å²) >= 11 is 0.